The molecule has 28 heavy (non-hydrogen) atoms. The fraction of sp³-hybridized carbons (Fsp3) is 0.167. The summed E-state index contributed by atoms with van der Waals surface area (Å²) in [7, 11) is 0. The summed E-state index contributed by atoms with van der Waals surface area (Å²) in [5.41, 5.74) is 4.33. The number of hydrogen-bond donors (Lipinski definition) is 2. The molecular weight excluding hydrogens is 348 g/mol. The molecule has 0 fully saturated rings. The van der Waals surface area contributed by atoms with Gasteiger partial charge in [-0.15, -0.1) is 0 Å². The van der Waals surface area contributed by atoms with Crippen LogP contribution in [0.25, 0.3) is 0 Å². The number of nitrogens with one attached hydrogen (secondary N) is 2. The third-order valence-corrected chi connectivity index (χ3v) is 4.76. The summed E-state index contributed by atoms with van der Waals surface area (Å²) < 4.78 is 0. The number of carbonyl (C=O) groups excluding carboxylic acids is 2. The van der Waals surface area contributed by atoms with Crippen LogP contribution in [0.2, 0.25) is 0 Å². The molecular formula is C24H24N2O2. The fourth-order valence-electron chi connectivity index (χ4n) is 2.96. The van der Waals surface area contributed by atoms with Crippen LogP contribution in [0.1, 0.15) is 50.4 Å². The molecule has 0 aliphatic carbocycles. The second kappa shape index (κ2) is 9.00. The molecule has 0 aliphatic heterocycles. The molecule has 0 saturated heterocycles. The Hall–Kier alpha value is -3.40. The van der Waals surface area contributed by atoms with Crippen molar-refractivity contribution in [1.29, 1.82) is 0 Å². The predicted molar refractivity (Wildman–Crippen MR) is 111 cm³/mol. The van der Waals surface area contributed by atoms with Crippen molar-refractivity contribution in [3.63, 3.8) is 0 Å². The summed E-state index contributed by atoms with van der Waals surface area (Å²) in [4.78, 5) is 24.8. The zero-order chi connectivity index (χ0) is 19.9. The minimum absolute atomic E-state index is 0.0919. The molecule has 2 amide bonds. The lowest BCUT2D eigenvalue weighted by atomic mass is 10.1. The maximum Gasteiger partial charge on any atom is 0.251 e. The first kappa shape index (κ1) is 19.4. The van der Waals surface area contributed by atoms with Crippen molar-refractivity contribution in [1.82, 2.24) is 10.6 Å². The SMILES string of the molecule is Cc1ccccc1CNC(=O)c1ccc(C(=O)NC(C)c2ccccc2)cc1. The quantitative estimate of drug-likeness (QED) is 0.673. The Balaban J connectivity index is 1.58. The van der Waals surface area contributed by atoms with E-state index in [2.05, 4.69) is 10.6 Å². The molecule has 3 aromatic rings. The molecule has 142 valence electrons. The monoisotopic (exact) mass is 372 g/mol. The van der Waals surface area contributed by atoms with Crippen LogP contribution in [0, 0.1) is 6.92 Å². The van der Waals surface area contributed by atoms with Crippen molar-refractivity contribution in [2.45, 2.75) is 26.4 Å². The lowest BCUT2D eigenvalue weighted by Crippen LogP contribution is -2.27. The van der Waals surface area contributed by atoms with E-state index in [4.69, 9.17) is 0 Å². The van der Waals surface area contributed by atoms with Gasteiger partial charge in [-0.05, 0) is 54.8 Å². The second-order valence-corrected chi connectivity index (χ2v) is 6.79. The van der Waals surface area contributed by atoms with Gasteiger partial charge in [-0.1, -0.05) is 54.6 Å². The molecule has 0 saturated carbocycles. The summed E-state index contributed by atoms with van der Waals surface area (Å²) >= 11 is 0. The van der Waals surface area contributed by atoms with Crippen molar-refractivity contribution >= 4 is 11.8 Å². The maximum atomic E-state index is 12.4. The molecule has 0 bridgehead atoms. The molecule has 4 heteroatoms. The zero-order valence-corrected chi connectivity index (χ0v) is 16.1. The average Bonchev–Trinajstić information content (AvgIpc) is 2.73. The third kappa shape index (κ3) is 4.86. The van der Waals surface area contributed by atoms with Crippen molar-refractivity contribution < 1.29 is 9.59 Å². The zero-order valence-electron chi connectivity index (χ0n) is 16.1. The first-order valence-electron chi connectivity index (χ1n) is 9.33. The van der Waals surface area contributed by atoms with E-state index in [9.17, 15) is 9.59 Å². The van der Waals surface area contributed by atoms with Gasteiger partial charge in [0.05, 0.1) is 6.04 Å². The van der Waals surface area contributed by atoms with Crippen LogP contribution in [0.15, 0.2) is 78.9 Å². The summed E-state index contributed by atoms with van der Waals surface area (Å²) in [5.74, 6) is -0.323. The second-order valence-electron chi connectivity index (χ2n) is 6.79. The highest BCUT2D eigenvalue weighted by molar-refractivity contribution is 5.97. The highest BCUT2D eigenvalue weighted by Gasteiger charge is 2.12. The Bertz CT molecular complexity index is 950. The summed E-state index contributed by atoms with van der Waals surface area (Å²) in [6.45, 7) is 4.44. The molecule has 0 aromatic heterocycles. The summed E-state index contributed by atoms with van der Waals surface area (Å²) in [6, 6.07) is 24.4. The van der Waals surface area contributed by atoms with E-state index in [0.29, 0.717) is 17.7 Å². The van der Waals surface area contributed by atoms with Crippen LogP contribution in [-0.2, 0) is 6.54 Å². The highest BCUT2D eigenvalue weighted by Crippen LogP contribution is 2.13. The molecule has 3 aromatic carbocycles. The van der Waals surface area contributed by atoms with Crippen LogP contribution in [0.3, 0.4) is 0 Å². The molecule has 0 spiro atoms. The van der Waals surface area contributed by atoms with E-state index in [1.165, 1.54) is 0 Å². The molecule has 4 nitrogen and oxygen atoms in total. The molecule has 0 aliphatic rings. The van der Waals surface area contributed by atoms with Crippen LogP contribution >= 0.6 is 0 Å². The standard InChI is InChI=1S/C24H24N2O2/c1-17-8-6-7-11-22(17)16-25-23(27)20-12-14-21(15-13-20)24(28)26-18(2)19-9-4-3-5-10-19/h3-15,18H,16H2,1-2H3,(H,25,27)(H,26,28). The van der Waals surface area contributed by atoms with E-state index < -0.39 is 0 Å². The largest absolute Gasteiger partial charge is 0.348 e. The van der Waals surface area contributed by atoms with E-state index in [1.54, 1.807) is 24.3 Å². The highest BCUT2D eigenvalue weighted by atomic mass is 16.2. The van der Waals surface area contributed by atoms with Crippen molar-refractivity contribution in [2.24, 2.45) is 0 Å². The molecule has 0 heterocycles. The first-order chi connectivity index (χ1) is 13.5. The first-order valence-corrected chi connectivity index (χ1v) is 9.33. The van der Waals surface area contributed by atoms with Gasteiger partial charge in [0.2, 0.25) is 0 Å². The lowest BCUT2D eigenvalue weighted by Gasteiger charge is -2.14. The van der Waals surface area contributed by atoms with Crippen LogP contribution in [0.5, 0.6) is 0 Å². The Kier molecular flexibility index (Phi) is 6.22. The molecule has 2 N–H and O–H groups in total. The number of aryl methyl sites for hydroxylation is 1. The number of carbonyl (C=O) groups is 2. The Morgan fingerprint density at radius 2 is 1.36 bits per heavy atom. The number of rotatable bonds is 6. The minimum Gasteiger partial charge on any atom is -0.348 e. The van der Waals surface area contributed by atoms with Gasteiger partial charge >= 0.3 is 0 Å². The number of benzene rings is 3. The smallest absolute Gasteiger partial charge is 0.251 e. The molecule has 1 atom stereocenters. The Morgan fingerprint density at radius 3 is 2.00 bits per heavy atom. The van der Waals surface area contributed by atoms with Gasteiger partial charge in [-0.3, -0.25) is 9.59 Å². The van der Waals surface area contributed by atoms with Crippen LogP contribution in [-0.4, -0.2) is 11.8 Å². The summed E-state index contributed by atoms with van der Waals surface area (Å²) in [5, 5.41) is 5.89. The molecule has 0 radical (unpaired) electrons. The fourth-order valence-corrected chi connectivity index (χ4v) is 2.96. The minimum atomic E-state index is -0.164. The van der Waals surface area contributed by atoms with Gasteiger partial charge in [0.15, 0.2) is 0 Å². The van der Waals surface area contributed by atoms with Gasteiger partial charge in [-0.2, -0.15) is 0 Å². The van der Waals surface area contributed by atoms with Crippen molar-refractivity contribution in [3.8, 4) is 0 Å². The normalized spacial score (nSPS) is 11.5. The Labute approximate surface area is 165 Å². The van der Waals surface area contributed by atoms with Crippen molar-refractivity contribution in [2.75, 3.05) is 0 Å². The number of hydrogen-bond acceptors (Lipinski definition) is 2. The van der Waals surface area contributed by atoms with Crippen LogP contribution in [0.4, 0.5) is 0 Å². The average molecular weight is 372 g/mol. The van der Waals surface area contributed by atoms with Gasteiger partial charge in [0, 0.05) is 17.7 Å². The molecule has 3 rings (SSSR count). The van der Waals surface area contributed by atoms with E-state index in [0.717, 1.165) is 16.7 Å². The van der Waals surface area contributed by atoms with Gasteiger partial charge in [0.25, 0.3) is 11.8 Å². The van der Waals surface area contributed by atoms with Gasteiger partial charge < -0.3 is 10.6 Å². The summed E-state index contributed by atoms with van der Waals surface area (Å²) in [6.07, 6.45) is 0. The number of amides is 2. The van der Waals surface area contributed by atoms with Crippen LogP contribution < -0.4 is 10.6 Å². The maximum absolute atomic E-state index is 12.4. The predicted octanol–water partition coefficient (Wildman–Crippen LogP) is 4.42. The van der Waals surface area contributed by atoms with E-state index in [-0.39, 0.29) is 17.9 Å². The third-order valence-electron chi connectivity index (χ3n) is 4.76. The topological polar surface area (TPSA) is 58.2 Å². The van der Waals surface area contributed by atoms with E-state index >= 15 is 0 Å². The lowest BCUT2D eigenvalue weighted by molar-refractivity contribution is 0.0932. The Morgan fingerprint density at radius 1 is 0.786 bits per heavy atom. The molecule has 1 unspecified atom stereocenters. The van der Waals surface area contributed by atoms with Crippen molar-refractivity contribution in [3.05, 3.63) is 107 Å². The van der Waals surface area contributed by atoms with Gasteiger partial charge in [-0.25, -0.2) is 0 Å². The van der Waals surface area contributed by atoms with Gasteiger partial charge in [0.1, 0.15) is 0 Å². The van der Waals surface area contributed by atoms with E-state index in [1.807, 2.05) is 68.4 Å².